The average molecular weight is 346 g/mol. The van der Waals surface area contributed by atoms with E-state index in [9.17, 15) is 8.78 Å². The molecule has 1 aromatic heterocycles. The summed E-state index contributed by atoms with van der Waals surface area (Å²) in [6.45, 7) is 6.61. The Labute approximate surface area is 125 Å². The van der Waals surface area contributed by atoms with Crippen LogP contribution in [0.3, 0.4) is 0 Å². The first kappa shape index (κ1) is 15.4. The summed E-state index contributed by atoms with van der Waals surface area (Å²) < 4.78 is 33.5. The molecule has 5 heteroatoms. The molecular formula is C15H18BrF2NO. The van der Waals surface area contributed by atoms with Gasteiger partial charge >= 0.3 is 0 Å². The van der Waals surface area contributed by atoms with Gasteiger partial charge in [0.1, 0.15) is 5.76 Å². The van der Waals surface area contributed by atoms with Gasteiger partial charge in [-0.15, -0.1) is 0 Å². The first-order valence-corrected chi connectivity index (χ1v) is 7.56. The molecule has 0 aliphatic heterocycles. The van der Waals surface area contributed by atoms with Crippen LogP contribution in [-0.2, 0) is 13.0 Å². The van der Waals surface area contributed by atoms with E-state index in [1.165, 1.54) is 0 Å². The van der Waals surface area contributed by atoms with Crippen LogP contribution in [0.4, 0.5) is 8.78 Å². The Balaban J connectivity index is 2.59. The number of fused-ring (bicyclic) bond motifs is 1. The van der Waals surface area contributed by atoms with E-state index in [-0.39, 0.29) is 5.58 Å². The van der Waals surface area contributed by atoms with E-state index in [1.54, 1.807) is 0 Å². The highest BCUT2D eigenvalue weighted by Gasteiger charge is 2.21. The Morgan fingerprint density at radius 2 is 2.05 bits per heavy atom. The number of hydrogen-bond acceptors (Lipinski definition) is 2. The van der Waals surface area contributed by atoms with Gasteiger partial charge in [-0.1, -0.05) is 27.2 Å². The van der Waals surface area contributed by atoms with Crippen molar-refractivity contribution in [1.82, 2.24) is 5.32 Å². The van der Waals surface area contributed by atoms with Crippen LogP contribution in [0, 0.1) is 11.6 Å². The molecule has 2 rings (SSSR count). The van der Waals surface area contributed by atoms with Crippen LogP contribution in [0.2, 0.25) is 0 Å². The molecule has 0 atom stereocenters. The molecule has 0 bridgehead atoms. The Morgan fingerprint density at radius 1 is 1.35 bits per heavy atom. The molecule has 0 radical (unpaired) electrons. The monoisotopic (exact) mass is 345 g/mol. The van der Waals surface area contributed by atoms with Gasteiger partial charge in [-0.25, -0.2) is 4.39 Å². The second-order valence-electron chi connectivity index (χ2n) is 5.15. The number of nitrogens with one attached hydrogen (secondary N) is 1. The lowest BCUT2D eigenvalue weighted by atomic mass is 10.1. The van der Waals surface area contributed by atoms with E-state index < -0.39 is 11.6 Å². The Kier molecular flexibility index (Phi) is 4.81. The van der Waals surface area contributed by atoms with Crippen LogP contribution < -0.4 is 5.32 Å². The smallest absolute Gasteiger partial charge is 0.201 e. The maximum Gasteiger partial charge on any atom is 0.201 e. The fourth-order valence-corrected chi connectivity index (χ4v) is 2.85. The molecule has 2 aromatic rings. The largest absolute Gasteiger partial charge is 0.456 e. The van der Waals surface area contributed by atoms with Gasteiger partial charge < -0.3 is 9.73 Å². The highest BCUT2D eigenvalue weighted by atomic mass is 79.9. The van der Waals surface area contributed by atoms with Crippen LogP contribution in [0.1, 0.15) is 38.5 Å². The molecule has 0 aliphatic carbocycles. The van der Waals surface area contributed by atoms with E-state index >= 15 is 0 Å². The highest BCUT2D eigenvalue weighted by Crippen LogP contribution is 2.36. The maximum atomic E-state index is 13.9. The van der Waals surface area contributed by atoms with Gasteiger partial charge in [-0.05, 0) is 28.4 Å². The number of rotatable bonds is 5. The fraction of sp³-hybridized carbons (Fsp3) is 0.467. The zero-order valence-corrected chi connectivity index (χ0v) is 13.4. The molecule has 20 heavy (non-hydrogen) atoms. The number of aryl methyl sites for hydroxylation is 1. The van der Waals surface area contributed by atoms with E-state index in [1.807, 2.05) is 20.8 Å². The molecule has 0 amide bonds. The van der Waals surface area contributed by atoms with E-state index in [0.717, 1.165) is 24.5 Å². The molecule has 1 N–H and O–H groups in total. The molecule has 1 aromatic carbocycles. The molecule has 0 fully saturated rings. The first-order chi connectivity index (χ1) is 9.45. The summed E-state index contributed by atoms with van der Waals surface area (Å²) in [5.74, 6) is -1.14. The molecular weight excluding hydrogens is 328 g/mol. The number of furan rings is 1. The number of hydrogen-bond donors (Lipinski definition) is 1. The quantitative estimate of drug-likeness (QED) is 0.777. The van der Waals surface area contributed by atoms with Gasteiger partial charge in [0.25, 0.3) is 0 Å². The Hall–Kier alpha value is -0.940. The van der Waals surface area contributed by atoms with Gasteiger partial charge in [-0.2, -0.15) is 4.39 Å². The molecule has 0 saturated carbocycles. The minimum absolute atomic E-state index is 0.000816. The summed E-state index contributed by atoms with van der Waals surface area (Å²) in [6.07, 6.45) is 1.68. The lowest BCUT2D eigenvalue weighted by molar-refractivity contribution is 0.456. The van der Waals surface area contributed by atoms with Crippen LogP contribution >= 0.6 is 15.9 Å². The lowest BCUT2D eigenvalue weighted by Crippen LogP contribution is -2.22. The van der Waals surface area contributed by atoms with Crippen LogP contribution in [0.5, 0.6) is 0 Å². The number of halogens is 3. The van der Waals surface area contributed by atoms with E-state index in [4.69, 9.17) is 4.42 Å². The van der Waals surface area contributed by atoms with Gasteiger partial charge in [0, 0.05) is 21.5 Å². The summed E-state index contributed by atoms with van der Waals surface area (Å²) in [5.41, 5.74) is 0.947. The Morgan fingerprint density at radius 3 is 2.65 bits per heavy atom. The fourth-order valence-electron chi connectivity index (χ4n) is 2.23. The van der Waals surface area contributed by atoms with Crippen molar-refractivity contribution in [3.63, 3.8) is 0 Å². The van der Waals surface area contributed by atoms with Crippen molar-refractivity contribution >= 4 is 26.9 Å². The second kappa shape index (κ2) is 6.22. The summed E-state index contributed by atoms with van der Waals surface area (Å²) in [6, 6.07) is 1.45. The van der Waals surface area contributed by atoms with Crippen molar-refractivity contribution in [2.24, 2.45) is 0 Å². The molecule has 0 aliphatic rings. The zero-order chi connectivity index (χ0) is 14.9. The molecule has 1 heterocycles. The van der Waals surface area contributed by atoms with Crippen molar-refractivity contribution in [3.05, 3.63) is 33.5 Å². The second-order valence-corrected chi connectivity index (χ2v) is 6.00. The third-order valence-corrected chi connectivity index (χ3v) is 3.79. The topological polar surface area (TPSA) is 25.2 Å². The maximum absolute atomic E-state index is 13.9. The van der Waals surface area contributed by atoms with Crippen LogP contribution in [-0.4, -0.2) is 6.04 Å². The first-order valence-electron chi connectivity index (χ1n) is 6.76. The van der Waals surface area contributed by atoms with Gasteiger partial charge in [-0.3, -0.25) is 0 Å². The predicted octanol–water partition coefficient (Wildman–Crippen LogP) is 4.92. The SMILES string of the molecule is CCCc1c(CNC(C)C)oc2c(F)c(F)cc(Br)c12. The summed E-state index contributed by atoms with van der Waals surface area (Å²) in [5, 5.41) is 3.89. The number of benzene rings is 1. The van der Waals surface area contributed by atoms with Gasteiger partial charge in [0.2, 0.25) is 5.82 Å². The molecule has 2 nitrogen and oxygen atoms in total. The van der Waals surface area contributed by atoms with Crippen molar-refractivity contribution in [3.8, 4) is 0 Å². The van der Waals surface area contributed by atoms with Gasteiger partial charge in [0.15, 0.2) is 11.4 Å². The van der Waals surface area contributed by atoms with Crippen LogP contribution in [0.15, 0.2) is 15.0 Å². The zero-order valence-electron chi connectivity index (χ0n) is 11.8. The molecule has 0 unspecified atom stereocenters. The third-order valence-electron chi connectivity index (χ3n) is 3.16. The third kappa shape index (κ3) is 2.88. The minimum atomic E-state index is -0.920. The van der Waals surface area contributed by atoms with Crippen molar-refractivity contribution < 1.29 is 13.2 Å². The van der Waals surface area contributed by atoms with Crippen molar-refractivity contribution in [2.75, 3.05) is 0 Å². The summed E-state index contributed by atoms with van der Waals surface area (Å²) >= 11 is 3.31. The summed E-state index contributed by atoms with van der Waals surface area (Å²) in [4.78, 5) is 0. The molecule has 0 spiro atoms. The van der Waals surface area contributed by atoms with Gasteiger partial charge in [0.05, 0.1) is 6.54 Å². The normalized spacial score (nSPS) is 11.8. The van der Waals surface area contributed by atoms with E-state index in [0.29, 0.717) is 28.2 Å². The summed E-state index contributed by atoms with van der Waals surface area (Å²) in [7, 11) is 0. The standard InChI is InChI=1S/C15H18BrF2NO/c1-4-5-9-12(7-19-8(2)3)20-15-13(9)10(16)6-11(17)14(15)18/h6,8,19H,4-5,7H2,1-3H3. The molecule has 0 saturated heterocycles. The predicted molar refractivity (Wildman–Crippen MR) is 79.8 cm³/mol. The molecule has 110 valence electrons. The van der Waals surface area contributed by atoms with E-state index in [2.05, 4.69) is 21.2 Å². The van der Waals surface area contributed by atoms with Crippen LogP contribution in [0.25, 0.3) is 11.0 Å². The Bertz CT molecular complexity index is 622. The van der Waals surface area contributed by atoms with Crippen molar-refractivity contribution in [2.45, 2.75) is 46.2 Å². The lowest BCUT2D eigenvalue weighted by Gasteiger charge is -2.07. The van der Waals surface area contributed by atoms with Crippen molar-refractivity contribution in [1.29, 1.82) is 0 Å². The minimum Gasteiger partial charge on any atom is -0.456 e. The average Bonchev–Trinajstić information content (AvgIpc) is 2.74. The highest BCUT2D eigenvalue weighted by molar-refractivity contribution is 9.10.